The summed E-state index contributed by atoms with van der Waals surface area (Å²) < 4.78 is 28.9. The monoisotopic (exact) mass is 260 g/mol. The van der Waals surface area contributed by atoms with Crippen LogP contribution in [0.2, 0.25) is 5.02 Å². The minimum atomic E-state index is -3.45. The van der Waals surface area contributed by atoms with Crippen molar-refractivity contribution >= 4 is 21.4 Å². The lowest BCUT2D eigenvalue weighted by molar-refractivity contribution is 0.267. The normalized spacial score (nSPS) is 12.6. The van der Waals surface area contributed by atoms with E-state index >= 15 is 0 Å². The van der Waals surface area contributed by atoms with Crippen molar-refractivity contribution in [2.75, 3.05) is 6.61 Å². The van der Waals surface area contributed by atoms with Crippen molar-refractivity contribution in [1.29, 1.82) is 0 Å². The zero-order chi connectivity index (χ0) is 12.2. The van der Waals surface area contributed by atoms with E-state index in [-0.39, 0.29) is 9.80 Å². The molecule has 0 spiro atoms. The fourth-order valence-corrected chi connectivity index (χ4v) is 2.25. The van der Waals surface area contributed by atoms with Crippen molar-refractivity contribution in [1.82, 2.24) is 0 Å². The molecule has 0 saturated carbocycles. The molecule has 0 unspecified atom stereocenters. The van der Waals surface area contributed by atoms with Gasteiger partial charge in [-0.25, -0.2) is 8.42 Å². The van der Waals surface area contributed by atoms with E-state index in [0.717, 1.165) is 0 Å². The van der Waals surface area contributed by atoms with Crippen molar-refractivity contribution in [3.05, 3.63) is 40.5 Å². The Bertz CT molecular complexity index is 474. The second-order valence-electron chi connectivity index (χ2n) is 3.14. The van der Waals surface area contributed by atoms with Crippen LogP contribution in [-0.2, 0) is 14.6 Å². The molecule has 0 fully saturated rings. The van der Waals surface area contributed by atoms with E-state index < -0.39 is 9.84 Å². The molecule has 16 heavy (non-hydrogen) atoms. The molecule has 0 aromatic heterocycles. The number of allylic oxidation sites excluding steroid dienone is 1. The summed E-state index contributed by atoms with van der Waals surface area (Å²) in [5, 5.41) is 0.505. The lowest BCUT2D eigenvalue weighted by atomic mass is 10.4. The van der Waals surface area contributed by atoms with E-state index in [0.29, 0.717) is 11.6 Å². The quantitative estimate of drug-likeness (QED) is 0.782. The van der Waals surface area contributed by atoms with Gasteiger partial charge in [0, 0.05) is 5.02 Å². The molecule has 3 nitrogen and oxygen atoms in total. The highest BCUT2D eigenvalue weighted by Gasteiger charge is 2.16. The molecule has 0 saturated heterocycles. The standard InChI is InChI=1S/C11H13ClO3S/c1-3-15-8-9(2)16(13,14)11-6-4-10(12)5-7-11/h4-8H,3H2,1-2H3. The van der Waals surface area contributed by atoms with Gasteiger partial charge in [0.15, 0.2) is 0 Å². The van der Waals surface area contributed by atoms with Crippen LogP contribution in [0.5, 0.6) is 0 Å². The first-order valence-corrected chi connectivity index (χ1v) is 6.63. The second kappa shape index (κ2) is 5.37. The summed E-state index contributed by atoms with van der Waals surface area (Å²) in [6.07, 6.45) is 1.25. The summed E-state index contributed by atoms with van der Waals surface area (Å²) >= 11 is 5.69. The highest BCUT2D eigenvalue weighted by atomic mass is 35.5. The third-order valence-electron chi connectivity index (χ3n) is 1.96. The van der Waals surface area contributed by atoms with Crippen molar-refractivity contribution in [3.8, 4) is 0 Å². The molecular weight excluding hydrogens is 248 g/mol. The van der Waals surface area contributed by atoms with Gasteiger partial charge in [-0.05, 0) is 38.1 Å². The molecule has 0 aliphatic heterocycles. The average molecular weight is 261 g/mol. The van der Waals surface area contributed by atoms with Crippen molar-refractivity contribution < 1.29 is 13.2 Å². The molecule has 0 atom stereocenters. The molecule has 1 aromatic carbocycles. The lowest BCUT2D eigenvalue weighted by Crippen LogP contribution is -2.02. The van der Waals surface area contributed by atoms with Gasteiger partial charge in [0.1, 0.15) is 0 Å². The third kappa shape index (κ3) is 3.00. The van der Waals surface area contributed by atoms with E-state index in [1.54, 1.807) is 19.1 Å². The second-order valence-corrected chi connectivity index (χ2v) is 5.70. The summed E-state index contributed by atoms with van der Waals surface area (Å²) in [7, 11) is -3.45. The van der Waals surface area contributed by atoms with E-state index in [2.05, 4.69) is 0 Å². The van der Waals surface area contributed by atoms with Gasteiger partial charge in [-0.3, -0.25) is 0 Å². The highest BCUT2D eigenvalue weighted by molar-refractivity contribution is 7.95. The Morgan fingerprint density at radius 2 is 1.94 bits per heavy atom. The Labute approximate surface area is 101 Å². The highest BCUT2D eigenvalue weighted by Crippen LogP contribution is 2.20. The maximum absolute atomic E-state index is 12.0. The summed E-state index contributed by atoms with van der Waals surface area (Å²) in [6, 6.07) is 6.03. The minimum Gasteiger partial charge on any atom is -0.500 e. The number of sulfone groups is 1. The molecule has 0 radical (unpaired) electrons. The van der Waals surface area contributed by atoms with Gasteiger partial charge in [0.05, 0.1) is 22.7 Å². The smallest absolute Gasteiger partial charge is 0.205 e. The van der Waals surface area contributed by atoms with Crippen LogP contribution in [-0.4, -0.2) is 15.0 Å². The fourth-order valence-electron chi connectivity index (χ4n) is 1.06. The Morgan fingerprint density at radius 1 is 1.38 bits per heavy atom. The zero-order valence-electron chi connectivity index (χ0n) is 9.10. The minimum absolute atomic E-state index is 0.177. The molecule has 0 N–H and O–H groups in total. The predicted molar refractivity (Wildman–Crippen MR) is 64.0 cm³/mol. The van der Waals surface area contributed by atoms with Crippen LogP contribution < -0.4 is 0 Å². The van der Waals surface area contributed by atoms with Crippen LogP contribution >= 0.6 is 11.6 Å². The maximum Gasteiger partial charge on any atom is 0.205 e. The predicted octanol–water partition coefficient (Wildman–Crippen LogP) is 3.01. The topological polar surface area (TPSA) is 43.4 Å². The van der Waals surface area contributed by atoms with Gasteiger partial charge < -0.3 is 4.74 Å². The molecule has 0 aliphatic carbocycles. The Morgan fingerprint density at radius 3 is 2.44 bits per heavy atom. The van der Waals surface area contributed by atoms with Gasteiger partial charge in [0.2, 0.25) is 9.84 Å². The molecular formula is C11H13ClO3S. The fraction of sp³-hybridized carbons (Fsp3) is 0.273. The van der Waals surface area contributed by atoms with Crippen LogP contribution in [0.25, 0.3) is 0 Å². The molecule has 1 aromatic rings. The Hall–Kier alpha value is -1.00. The van der Waals surface area contributed by atoms with Gasteiger partial charge >= 0.3 is 0 Å². The summed E-state index contributed by atoms with van der Waals surface area (Å²) in [4.78, 5) is 0.391. The molecule has 5 heteroatoms. The van der Waals surface area contributed by atoms with E-state index in [9.17, 15) is 8.42 Å². The number of hydrogen-bond acceptors (Lipinski definition) is 3. The SMILES string of the molecule is CCOC=C(C)S(=O)(=O)c1ccc(Cl)cc1. The van der Waals surface area contributed by atoms with Gasteiger partial charge in [-0.2, -0.15) is 0 Å². The first kappa shape index (κ1) is 13.1. The van der Waals surface area contributed by atoms with Crippen LogP contribution in [0, 0.1) is 0 Å². The number of halogens is 1. The molecule has 0 amide bonds. The third-order valence-corrected chi connectivity index (χ3v) is 4.05. The molecule has 0 aliphatic rings. The van der Waals surface area contributed by atoms with Gasteiger partial charge in [0.25, 0.3) is 0 Å². The zero-order valence-corrected chi connectivity index (χ0v) is 10.7. The molecule has 1 rings (SSSR count). The Kier molecular flexibility index (Phi) is 4.38. The lowest BCUT2D eigenvalue weighted by Gasteiger charge is -2.04. The number of benzene rings is 1. The summed E-state index contributed by atoms with van der Waals surface area (Å²) in [5.74, 6) is 0. The molecule has 0 bridgehead atoms. The van der Waals surface area contributed by atoms with Crippen molar-refractivity contribution in [2.45, 2.75) is 18.7 Å². The van der Waals surface area contributed by atoms with Crippen LogP contribution in [0.15, 0.2) is 40.3 Å². The van der Waals surface area contributed by atoms with E-state index in [4.69, 9.17) is 16.3 Å². The van der Waals surface area contributed by atoms with E-state index in [1.807, 2.05) is 0 Å². The van der Waals surface area contributed by atoms with Crippen molar-refractivity contribution in [2.24, 2.45) is 0 Å². The maximum atomic E-state index is 12.0. The summed E-state index contributed by atoms with van der Waals surface area (Å²) in [6.45, 7) is 3.73. The first-order chi connectivity index (χ1) is 7.48. The van der Waals surface area contributed by atoms with Crippen LogP contribution in [0.4, 0.5) is 0 Å². The van der Waals surface area contributed by atoms with Crippen LogP contribution in [0.3, 0.4) is 0 Å². The largest absolute Gasteiger partial charge is 0.500 e. The summed E-state index contributed by atoms with van der Waals surface area (Å²) in [5.41, 5.74) is 0. The number of rotatable bonds is 4. The Balaban J connectivity index is 3.07. The molecule has 0 heterocycles. The van der Waals surface area contributed by atoms with Crippen molar-refractivity contribution in [3.63, 3.8) is 0 Å². The number of hydrogen-bond donors (Lipinski definition) is 0. The average Bonchev–Trinajstić information content (AvgIpc) is 2.26. The van der Waals surface area contributed by atoms with Crippen LogP contribution in [0.1, 0.15) is 13.8 Å². The van der Waals surface area contributed by atoms with Gasteiger partial charge in [-0.15, -0.1) is 0 Å². The molecule has 88 valence electrons. The first-order valence-electron chi connectivity index (χ1n) is 4.77. The van der Waals surface area contributed by atoms with E-state index in [1.165, 1.54) is 25.3 Å². The van der Waals surface area contributed by atoms with Gasteiger partial charge in [-0.1, -0.05) is 11.6 Å². The number of ether oxygens (including phenoxy) is 1.